The van der Waals surface area contributed by atoms with E-state index in [-0.39, 0.29) is 16.2 Å². The summed E-state index contributed by atoms with van der Waals surface area (Å²) in [6, 6.07) is 32.2. The zero-order chi connectivity index (χ0) is 31.0. The van der Waals surface area contributed by atoms with Gasteiger partial charge in [-0.2, -0.15) is 0 Å². The topological polar surface area (TPSA) is 17.0 Å². The van der Waals surface area contributed by atoms with Gasteiger partial charge in [-0.15, -0.1) is 0 Å². The van der Waals surface area contributed by atoms with E-state index in [2.05, 4.69) is 151 Å². The van der Waals surface area contributed by atoms with E-state index >= 15 is 0 Å². The van der Waals surface area contributed by atoms with Crippen molar-refractivity contribution < 1.29 is 0 Å². The maximum absolute atomic E-state index is 3.89. The predicted octanol–water partition coefficient (Wildman–Crippen LogP) is 9.46. The van der Waals surface area contributed by atoms with Crippen molar-refractivity contribution in [1.29, 1.82) is 0 Å². The molecule has 2 nitrogen and oxygen atoms in total. The molecule has 0 saturated heterocycles. The van der Waals surface area contributed by atoms with Crippen LogP contribution in [0.4, 0.5) is 11.4 Å². The fourth-order valence-electron chi connectivity index (χ4n) is 8.93. The third kappa shape index (κ3) is 3.53. The summed E-state index contributed by atoms with van der Waals surface area (Å²) < 4.78 is 2.59. The van der Waals surface area contributed by atoms with Gasteiger partial charge in [0.25, 0.3) is 0 Å². The molecule has 2 aliphatic heterocycles. The summed E-state index contributed by atoms with van der Waals surface area (Å²) in [5.41, 5.74) is 18.8. The molecule has 0 fully saturated rings. The van der Waals surface area contributed by atoms with Gasteiger partial charge in [-0.05, 0) is 93.7 Å². The zero-order valence-corrected chi connectivity index (χ0v) is 27.5. The third-order valence-corrected chi connectivity index (χ3v) is 11.6. The van der Waals surface area contributed by atoms with Crippen LogP contribution in [0.15, 0.2) is 84.9 Å². The van der Waals surface area contributed by atoms with Gasteiger partial charge < -0.3 is 9.88 Å². The van der Waals surface area contributed by atoms with Crippen molar-refractivity contribution >= 4 is 51.4 Å². The number of rotatable bonds is 1. The number of nitrogens with zero attached hydrogens (tertiary/aromatic N) is 1. The number of nitrogens with one attached hydrogen (secondary N) is 1. The highest BCUT2D eigenvalue weighted by Crippen LogP contribution is 2.51. The van der Waals surface area contributed by atoms with E-state index < -0.39 is 0 Å². The Kier molecular flexibility index (Phi) is 5.25. The first-order chi connectivity index (χ1) is 21.5. The summed E-state index contributed by atoms with van der Waals surface area (Å²) in [5, 5.41) is 6.67. The molecule has 0 saturated carbocycles. The highest BCUT2D eigenvalue weighted by molar-refractivity contribution is 6.73. The number of fused-ring (bicyclic) bond motifs is 8. The summed E-state index contributed by atoms with van der Waals surface area (Å²) in [5.74, 6) is 0. The van der Waals surface area contributed by atoms with E-state index in [9.17, 15) is 0 Å². The average Bonchev–Trinajstić information content (AvgIpc) is 3.36. The molecule has 1 aliphatic carbocycles. The Balaban J connectivity index is 1.40. The van der Waals surface area contributed by atoms with E-state index in [0.717, 1.165) is 0 Å². The lowest BCUT2D eigenvalue weighted by Crippen LogP contribution is -2.37. The number of benzene rings is 5. The molecule has 6 aromatic rings. The third-order valence-electron chi connectivity index (χ3n) is 11.6. The smallest absolute Gasteiger partial charge is 0.197 e. The second-order valence-corrected chi connectivity index (χ2v) is 15.6. The molecule has 45 heavy (non-hydrogen) atoms. The van der Waals surface area contributed by atoms with Crippen molar-refractivity contribution in [2.45, 2.75) is 77.6 Å². The molecule has 221 valence electrons. The van der Waals surface area contributed by atoms with Gasteiger partial charge in [0.05, 0.1) is 11.2 Å². The lowest BCUT2D eigenvalue weighted by molar-refractivity contribution is 0.332. The van der Waals surface area contributed by atoms with Crippen LogP contribution in [-0.4, -0.2) is 11.8 Å². The maximum atomic E-state index is 3.89. The SMILES string of the molecule is Cc1cc(-c2cccc3c2Nc2ccccc2C3(C)C)c2c3c1c1cc4c(cc1n3-c1ccccc1[B]2)C(C)(C)CCC4(C)C. The first kappa shape index (κ1) is 27.1. The lowest BCUT2D eigenvalue weighted by Gasteiger charge is -2.42. The van der Waals surface area contributed by atoms with Crippen LogP contribution >= 0.6 is 0 Å². The summed E-state index contributed by atoms with van der Waals surface area (Å²) in [7, 11) is 2.44. The van der Waals surface area contributed by atoms with Gasteiger partial charge in [0.15, 0.2) is 7.28 Å². The molecule has 5 aromatic carbocycles. The molecule has 3 aliphatic rings. The minimum absolute atomic E-state index is 0.104. The molecule has 3 heterocycles. The van der Waals surface area contributed by atoms with Gasteiger partial charge in [0, 0.05) is 38.6 Å². The summed E-state index contributed by atoms with van der Waals surface area (Å²) in [4.78, 5) is 0. The molecular formula is C42H40BN2. The molecule has 0 unspecified atom stereocenters. The highest BCUT2D eigenvalue weighted by Gasteiger charge is 2.39. The highest BCUT2D eigenvalue weighted by atomic mass is 15.0. The van der Waals surface area contributed by atoms with E-state index in [1.165, 1.54) is 102 Å². The number of para-hydroxylation sites is 3. The van der Waals surface area contributed by atoms with E-state index in [1.54, 1.807) is 0 Å². The molecule has 1 N–H and O–H groups in total. The molecule has 1 aromatic heterocycles. The standard InChI is InChI=1S/C42H40BN2/c1-24-21-26(25-13-12-15-29-38(25)44-33-17-10-8-14-28(33)42(29,6)7)37-39-36(24)27-22-30-31(41(4,5)20-19-40(30,2)3)23-35(27)45(39)34-18-11-9-16-32(34)43-37/h8-18,21-23,44H,19-20H2,1-7H3. The fraction of sp³-hybridized carbons (Fsp3) is 0.286. The average molecular weight is 584 g/mol. The zero-order valence-electron chi connectivity index (χ0n) is 27.5. The molecule has 1 radical (unpaired) electrons. The Morgan fingerprint density at radius 1 is 0.689 bits per heavy atom. The Morgan fingerprint density at radius 3 is 2.18 bits per heavy atom. The summed E-state index contributed by atoms with van der Waals surface area (Å²) >= 11 is 0. The summed E-state index contributed by atoms with van der Waals surface area (Å²) in [6.07, 6.45) is 2.43. The molecular weight excluding hydrogens is 543 g/mol. The van der Waals surface area contributed by atoms with E-state index in [0.29, 0.717) is 0 Å². The quantitative estimate of drug-likeness (QED) is 0.191. The summed E-state index contributed by atoms with van der Waals surface area (Å²) in [6.45, 7) is 16.8. The van der Waals surface area contributed by atoms with Crippen LogP contribution in [0, 0.1) is 6.92 Å². The molecule has 0 spiro atoms. The van der Waals surface area contributed by atoms with Crippen LogP contribution in [0.2, 0.25) is 0 Å². The van der Waals surface area contributed by atoms with Gasteiger partial charge in [-0.25, -0.2) is 0 Å². The van der Waals surface area contributed by atoms with Crippen molar-refractivity contribution in [2.75, 3.05) is 5.32 Å². The Hall–Kier alpha value is -4.24. The van der Waals surface area contributed by atoms with Gasteiger partial charge in [-0.1, -0.05) is 108 Å². The number of aromatic nitrogens is 1. The second-order valence-electron chi connectivity index (χ2n) is 15.6. The first-order valence-corrected chi connectivity index (χ1v) is 16.6. The van der Waals surface area contributed by atoms with Crippen molar-refractivity contribution in [3.63, 3.8) is 0 Å². The van der Waals surface area contributed by atoms with Crippen molar-refractivity contribution in [3.8, 4) is 16.8 Å². The molecule has 0 atom stereocenters. The largest absolute Gasteiger partial charge is 0.355 e. The fourth-order valence-corrected chi connectivity index (χ4v) is 8.93. The van der Waals surface area contributed by atoms with Gasteiger partial charge in [0.1, 0.15) is 0 Å². The lowest BCUT2D eigenvalue weighted by atomic mass is 9.58. The molecule has 9 rings (SSSR count). The predicted molar refractivity (Wildman–Crippen MR) is 193 cm³/mol. The number of hydrogen-bond donors (Lipinski definition) is 1. The first-order valence-electron chi connectivity index (χ1n) is 16.6. The molecule has 0 bridgehead atoms. The second kappa shape index (κ2) is 8.72. The van der Waals surface area contributed by atoms with Crippen LogP contribution in [0.1, 0.15) is 82.2 Å². The maximum Gasteiger partial charge on any atom is 0.197 e. The Morgan fingerprint density at radius 2 is 1.38 bits per heavy atom. The van der Waals surface area contributed by atoms with Crippen LogP contribution in [0.3, 0.4) is 0 Å². The molecule has 3 heteroatoms. The molecule has 0 amide bonds. The minimum Gasteiger partial charge on any atom is -0.355 e. The van der Waals surface area contributed by atoms with Crippen molar-refractivity contribution in [2.24, 2.45) is 0 Å². The number of hydrogen-bond acceptors (Lipinski definition) is 1. The van der Waals surface area contributed by atoms with Gasteiger partial charge in [-0.3, -0.25) is 0 Å². The van der Waals surface area contributed by atoms with E-state index in [1.807, 2.05) is 0 Å². The Labute approximate surface area is 267 Å². The normalized spacial score (nSPS) is 17.9. The van der Waals surface area contributed by atoms with Crippen LogP contribution < -0.4 is 16.2 Å². The Bertz CT molecular complexity index is 2260. The number of anilines is 2. The van der Waals surface area contributed by atoms with Crippen LogP contribution in [-0.2, 0) is 16.2 Å². The minimum atomic E-state index is -0.104. The van der Waals surface area contributed by atoms with Crippen LogP contribution in [0.5, 0.6) is 0 Å². The van der Waals surface area contributed by atoms with E-state index in [4.69, 9.17) is 0 Å². The van der Waals surface area contributed by atoms with Gasteiger partial charge >= 0.3 is 0 Å². The van der Waals surface area contributed by atoms with Crippen molar-refractivity contribution in [3.05, 3.63) is 113 Å². The van der Waals surface area contributed by atoms with Crippen LogP contribution in [0.25, 0.3) is 38.6 Å². The van der Waals surface area contributed by atoms with Crippen molar-refractivity contribution in [1.82, 2.24) is 4.57 Å². The number of aryl methyl sites for hydroxylation is 1. The monoisotopic (exact) mass is 583 g/mol. The van der Waals surface area contributed by atoms with Gasteiger partial charge in [0.2, 0.25) is 0 Å².